The van der Waals surface area contributed by atoms with Crippen molar-refractivity contribution in [1.82, 2.24) is 19.6 Å². The Morgan fingerprint density at radius 1 is 1.20 bits per heavy atom. The van der Waals surface area contributed by atoms with Gasteiger partial charge in [0, 0.05) is 56.4 Å². The summed E-state index contributed by atoms with van der Waals surface area (Å²) in [7, 11) is 1.34. The van der Waals surface area contributed by atoms with Crippen molar-refractivity contribution in [3.8, 4) is 0 Å². The van der Waals surface area contributed by atoms with Crippen molar-refractivity contribution >= 4 is 34.4 Å². The fourth-order valence-corrected chi connectivity index (χ4v) is 3.88. The van der Waals surface area contributed by atoms with Crippen molar-refractivity contribution in [2.24, 2.45) is 4.99 Å². The topological polar surface area (TPSA) is 95.0 Å². The summed E-state index contributed by atoms with van der Waals surface area (Å²) in [5.41, 5.74) is 1.76. The minimum atomic E-state index is -0.478. The number of nitrogens with one attached hydrogen (secondary N) is 2. The number of hydrogen-bond donors (Lipinski definition) is 2. The van der Waals surface area contributed by atoms with Crippen LogP contribution in [0.15, 0.2) is 29.3 Å². The SMILES string of the molecule is CCNC(=NCc1ccc(NC(=O)OC)cc1)N1CCN(c2nc(CC)ns2)CC1. The van der Waals surface area contributed by atoms with Gasteiger partial charge in [-0.25, -0.2) is 14.8 Å². The molecule has 10 heteroatoms. The number of aromatic nitrogens is 2. The van der Waals surface area contributed by atoms with Gasteiger partial charge in [0.1, 0.15) is 5.82 Å². The number of nitrogens with zero attached hydrogens (tertiary/aromatic N) is 5. The number of carbonyl (C=O) groups excluding carboxylic acids is 1. The van der Waals surface area contributed by atoms with Gasteiger partial charge in [-0.15, -0.1) is 0 Å². The minimum Gasteiger partial charge on any atom is -0.453 e. The first-order chi connectivity index (χ1) is 14.6. The molecule has 0 atom stereocenters. The molecule has 0 bridgehead atoms. The van der Waals surface area contributed by atoms with Gasteiger partial charge < -0.3 is 19.9 Å². The van der Waals surface area contributed by atoms with Crippen LogP contribution in [0, 0.1) is 0 Å². The van der Waals surface area contributed by atoms with E-state index in [9.17, 15) is 4.79 Å². The van der Waals surface area contributed by atoms with E-state index in [1.54, 1.807) is 0 Å². The van der Waals surface area contributed by atoms with Gasteiger partial charge in [0.15, 0.2) is 5.96 Å². The maximum Gasteiger partial charge on any atom is 0.411 e. The highest BCUT2D eigenvalue weighted by Gasteiger charge is 2.22. The van der Waals surface area contributed by atoms with E-state index in [4.69, 9.17) is 4.99 Å². The summed E-state index contributed by atoms with van der Waals surface area (Å²) in [6.07, 6.45) is 0.391. The first-order valence-corrected chi connectivity index (χ1v) is 10.9. The number of aryl methyl sites for hydroxylation is 1. The maximum absolute atomic E-state index is 11.3. The van der Waals surface area contributed by atoms with Crippen molar-refractivity contribution in [2.75, 3.05) is 50.1 Å². The number of amides is 1. The van der Waals surface area contributed by atoms with Crippen LogP contribution in [0.5, 0.6) is 0 Å². The molecule has 2 heterocycles. The predicted molar refractivity (Wildman–Crippen MR) is 120 cm³/mol. The number of carbonyl (C=O) groups is 1. The Bertz CT molecular complexity index is 845. The van der Waals surface area contributed by atoms with Crippen molar-refractivity contribution < 1.29 is 9.53 Å². The molecule has 0 spiro atoms. The average molecular weight is 432 g/mol. The number of methoxy groups -OCH3 is 1. The third kappa shape index (κ3) is 5.82. The van der Waals surface area contributed by atoms with Gasteiger partial charge in [-0.2, -0.15) is 4.37 Å². The summed E-state index contributed by atoms with van der Waals surface area (Å²) >= 11 is 1.48. The van der Waals surface area contributed by atoms with Gasteiger partial charge in [0.2, 0.25) is 5.13 Å². The molecule has 3 rings (SSSR count). The second kappa shape index (κ2) is 10.8. The molecule has 1 aliphatic heterocycles. The van der Waals surface area contributed by atoms with Crippen LogP contribution >= 0.6 is 11.5 Å². The van der Waals surface area contributed by atoms with E-state index in [0.717, 1.165) is 61.6 Å². The zero-order valence-corrected chi connectivity index (χ0v) is 18.5. The molecular weight excluding hydrogens is 402 g/mol. The molecule has 1 aromatic heterocycles. The van der Waals surface area contributed by atoms with Gasteiger partial charge in [-0.1, -0.05) is 19.1 Å². The fourth-order valence-electron chi connectivity index (χ4n) is 3.08. The van der Waals surface area contributed by atoms with Crippen molar-refractivity contribution in [2.45, 2.75) is 26.8 Å². The van der Waals surface area contributed by atoms with Gasteiger partial charge in [-0.3, -0.25) is 5.32 Å². The lowest BCUT2D eigenvalue weighted by molar-refractivity contribution is 0.187. The summed E-state index contributed by atoms with van der Waals surface area (Å²) in [6, 6.07) is 7.61. The van der Waals surface area contributed by atoms with Gasteiger partial charge >= 0.3 is 6.09 Å². The van der Waals surface area contributed by atoms with Crippen LogP contribution in [0.25, 0.3) is 0 Å². The Kier molecular flexibility index (Phi) is 7.83. The molecule has 2 N–H and O–H groups in total. The van der Waals surface area contributed by atoms with E-state index >= 15 is 0 Å². The lowest BCUT2D eigenvalue weighted by atomic mass is 10.2. The molecule has 0 aliphatic carbocycles. The zero-order valence-electron chi connectivity index (χ0n) is 17.7. The van der Waals surface area contributed by atoms with Crippen molar-refractivity contribution in [3.63, 3.8) is 0 Å². The highest BCUT2D eigenvalue weighted by Crippen LogP contribution is 2.19. The molecule has 0 saturated carbocycles. The van der Waals surface area contributed by atoms with E-state index in [0.29, 0.717) is 12.2 Å². The lowest BCUT2D eigenvalue weighted by Crippen LogP contribution is -2.52. The normalized spacial score (nSPS) is 14.6. The van der Waals surface area contributed by atoms with Crippen LogP contribution in [-0.4, -0.2) is 66.1 Å². The van der Waals surface area contributed by atoms with Crippen LogP contribution in [-0.2, 0) is 17.7 Å². The number of piperazine rings is 1. The van der Waals surface area contributed by atoms with Crippen molar-refractivity contribution in [3.05, 3.63) is 35.7 Å². The average Bonchev–Trinajstić information content (AvgIpc) is 3.27. The smallest absolute Gasteiger partial charge is 0.411 e. The molecule has 1 saturated heterocycles. The van der Waals surface area contributed by atoms with Gasteiger partial charge in [-0.05, 0) is 24.6 Å². The highest BCUT2D eigenvalue weighted by molar-refractivity contribution is 7.09. The summed E-state index contributed by atoms with van der Waals surface area (Å²) in [4.78, 5) is 25.3. The summed E-state index contributed by atoms with van der Waals surface area (Å²) < 4.78 is 9.00. The number of anilines is 2. The molecule has 0 unspecified atom stereocenters. The number of rotatable bonds is 6. The predicted octanol–water partition coefficient (Wildman–Crippen LogP) is 2.57. The third-order valence-electron chi connectivity index (χ3n) is 4.76. The van der Waals surface area contributed by atoms with Crippen LogP contribution < -0.4 is 15.5 Å². The Morgan fingerprint density at radius 3 is 2.53 bits per heavy atom. The number of guanidine groups is 1. The van der Waals surface area contributed by atoms with Crippen LogP contribution in [0.1, 0.15) is 25.2 Å². The Balaban J connectivity index is 1.57. The maximum atomic E-state index is 11.3. The molecule has 1 amide bonds. The van der Waals surface area contributed by atoms with Gasteiger partial charge in [0.25, 0.3) is 0 Å². The molecule has 30 heavy (non-hydrogen) atoms. The standard InChI is InChI=1S/C20H29N7O2S/c1-4-17-24-19(30-25-17)27-12-10-26(11-13-27)18(21-5-2)22-14-15-6-8-16(9-7-15)23-20(28)29-3/h6-9H,4-5,10-14H2,1-3H3,(H,21,22)(H,23,28). The van der Waals surface area contributed by atoms with E-state index in [1.807, 2.05) is 24.3 Å². The Labute approximate surface area is 181 Å². The van der Waals surface area contributed by atoms with E-state index < -0.39 is 6.09 Å². The molecule has 2 aromatic rings. The largest absolute Gasteiger partial charge is 0.453 e. The molecule has 162 valence electrons. The molecule has 0 radical (unpaired) electrons. The first kappa shape index (κ1) is 21.8. The second-order valence-electron chi connectivity index (χ2n) is 6.80. The molecule has 9 nitrogen and oxygen atoms in total. The van der Waals surface area contributed by atoms with Crippen molar-refractivity contribution in [1.29, 1.82) is 0 Å². The van der Waals surface area contributed by atoms with Crippen LogP contribution in [0.2, 0.25) is 0 Å². The molecule has 1 fully saturated rings. The number of benzene rings is 1. The number of ether oxygens (including phenoxy) is 1. The zero-order chi connectivity index (χ0) is 21.3. The molecule has 1 aliphatic rings. The van der Waals surface area contributed by atoms with Crippen LogP contribution in [0.3, 0.4) is 0 Å². The van der Waals surface area contributed by atoms with E-state index in [1.165, 1.54) is 18.6 Å². The summed E-state index contributed by atoms with van der Waals surface area (Å²) in [6.45, 7) is 9.10. The Morgan fingerprint density at radius 2 is 1.93 bits per heavy atom. The summed E-state index contributed by atoms with van der Waals surface area (Å²) in [5.74, 6) is 1.83. The van der Waals surface area contributed by atoms with Gasteiger partial charge in [0.05, 0.1) is 13.7 Å². The Hall–Kier alpha value is -2.88. The minimum absolute atomic E-state index is 0.478. The molecule has 1 aromatic carbocycles. The first-order valence-electron chi connectivity index (χ1n) is 10.2. The lowest BCUT2D eigenvalue weighted by Gasteiger charge is -2.36. The van der Waals surface area contributed by atoms with E-state index in [-0.39, 0.29) is 0 Å². The number of aliphatic imine (C=N–C) groups is 1. The highest BCUT2D eigenvalue weighted by atomic mass is 32.1. The molecular formula is C20H29N7O2S. The summed E-state index contributed by atoms with van der Waals surface area (Å²) in [5, 5.41) is 7.05. The van der Waals surface area contributed by atoms with Crippen LogP contribution in [0.4, 0.5) is 15.6 Å². The second-order valence-corrected chi connectivity index (χ2v) is 7.53. The number of hydrogen-bond acceptors (Lipinski definition) is 7. The third-order valence-corrected chi connectivity index (χ3v) is 5.57. The van der Waals surface area contributed by atoms with E-state index in [2.05, 4.69) is 48.4 Å². The monoisotopic (exact) mass is 431 g/mol. The quantitative estimate of drug-likeness (QED) is 0.536. The fraction of sp³-hybridized carbons (Fsp3) is 0.500.